The molecule has 0 aromatic carbocycles. The molecule has 0 bridgehead atoms. The lowest BCUT2D eigenvalue weighted by molar-refractivity contribution is -0.126. The molecule has 94 valence electrons. The van der Waals surface area contributed by atoms with Crippen molar-refractivity contribution in [2.24, 2.45) is 11.7 Å². The molecule has 5 nitrogen and oxygen atoms in total. The molecule has 2 amide bonds. The number of hydrogen-bond acceptors (Lipinski definition) is 3. The second kappa shape index (κ2) is 8.10. The maximum absolute atomic E-state index is 11.3. The Hall–Kier alpha value is -1.10. The smallest absolute Gasteiger partial charge is 0.239 e. The summed E-state index contributed by atoms with van der Waals surface area (Å²) in [6, 6.07) is -0.126. The number of carbonyl (C=O) groups is 2. The quantitative estimate of drug-likeness (QED) is 0.574. The van der Waals surface area contributed by atoms with Gasteiger partial charge in [0.25, 0.3) is 0 Å². The standard InChI is InChI=1S/C11H23N3O2/c1-4-9(12)5-10(15)14-7-11(16)13-6-8(2)3/h8-9H,4-7,12H2,1-3H3,(H,13,16)(H,14,15). The summed E-state index contributed by atoms with van der Waals surface area (Å²) in [7, 11) is 0. The molecule has 0 heterocycles. The summed E-state index contributed by atoms with van der Waals surface area (Å²) in [4.78, 5) is 22.5. The predicted molar refractivity (Wildman–Crippen MR) is 63.7 cm³/mol. The van der Waals surface area contributed by atoms with Crippen LogP contribution in [-0.4, -0.2) is 30.9 Å². The molecule has 4 N–H and O–H groups in total. The fraction of sp³-hybridized carbons (Fsp3) is 0.818. The third-order valence-electron chi connectivity index (χ3n) is 2.13. The minimum atomic E-state index is -0.172. The summed E-state index contributed by atoms with van der Waals surface area (Å²) >= 11 is 0. The SMILES string of the molecule is CCC(N)CC(=O)NCC(=O)NCC(C)C. The van der Waals surface area contributed by atoms with Crippen molar-refractivity contribution < 1.29 is 9.59 Å². The summed E-state index contributed by atoms with van der Waals surface area (Å²) in [5.41, 5.74) is 5.62. The first-order valence-electron chi connectivity index (χ1n) is 5.74. The van der Waals surface area contributed by atoms with E-state index in [1.165, 1.54) is 0 Å². The van der Waals surface area contributed by atoms with Gasteiger partial charge in [-0.25, -0.2) is 0 Å². The van der Waals surface area contributed by atoms with E-state index in [9.17, 15) is 9.59 Å². The lowest BCUT2D eigenvalue weighted by atomic mass is 10.1. The van der Waals surface area contributed by atoms with Gasteiger partial charge in [0, 0.05) is 19.0 Å². The van der Waals surface area contributed by atoms with Crippen LogP contribution in [0, 0.1) is 5.92 Å². The minimum Gasteiger partial charge on any atom is -0.354 e. The van der Waals surface area contributed by atoms with Crippen molar-refractivity contribution in [1.29, 1.82) is 0 Å². The zero-order chi connectivity index (χ0) is 12.6. The number of nitrogens with one attached hydrogen (secondary N) is 2. The first-order chi connectivity index (χ1) is 7.45. The highest BCUT2D eigenvalue weighted by Crippen LogP contribution is 1.92. The summed E-state index contributed by atoms with van der Waals surface area (Å²) in [6.07, 6.45) is 1.03. The van der Waals surface area contributed by atoms with Crippen molar-refractivity contribution in [2.45, 2.75) is 39.7 Å². The molecule has 0 fully saturated rings. The molecule has 0 saturated carbocycles. The fourth-order valence-corrected chi connectivity index (χ4v) is 1.01. The van der Waals surface area contributed by atoms with Crippen LogP contribution in [0.2, 0.25) is 0 Å². The van der Waals surface area contributed by atoms with Gasteiger partial charge < -0.3 is 16.4 Å². The third kappa shape index (κ3) is 8.23. The summed E-state index contributed by atoms with van der Waals surface area (Å²) in [5.74, 6) is 0.0781. The Morgan fingerprint density at radius 3 is 2.31 bits per heavy atom. The Morgan fingerprint density at radius 1 is 1.19 bits per heavy atom. The predicted octanol–water partition coefficient (Wildman–Crippen LogP) is 0.00220. The second-order valence-corrected chi connectivity index (χ2v) is 4.35. The van der Waals surface area contributed by atoms with Crippen LogP contribution in [0.5, 0.6) is 0 Å². The highest BCUT2D eigenvalue weighted by Gasteiger charge is 2.09. The maximum atomic E-state index is 11.3. The highest BCUT2D eigenvalue weighted by molar-refractivity contribution is 5.84. The molecule has 0 aromatic heterocycles. The molecule has 1 atom stereocenters. The van der Waals surface area contributed by atoms with Crippen molar-refractivity contribution in [3.8, 4) is 0 Å². The highest BCUT2D eigenvalue weighted by atomic mass is 16.2. The largest absolute Gasteiger partial charge is 0.354 e. The van der Waals surface area contributed by atoms with Crippen LogP contribution < -0.4 is 16.4 Å². The van der Waals surface area contributed by atoms with E-state index in [4.69, 9.17) is 5.73 Å². The van der Waals surface area contributed by atoms with E-state index in [0.29, 0.717) is 12.5 Å². The van der Waals surface area contributed by atoms with Gasteiger partial charge in [-0.2, -0.15) is 0 Å². The van der Waals surface area contributed by atoms with Gasteiger partial charge in [0.05, 0.1) is 6.54 Å². The van der Waals surface area contributed by atoms with E-state index < -0.39 is 0 Å². The Balaban J connectivity index is 3.63. The van der Waals surface area contributed by atoms with Gasteiger partial charge in [-0.3, -0.25) is 9.59 Å². The molecule has 16 heavy (non-hydrogen) atoms. The maximum Gasteiger partial charge on any atom is 0.239 e. The first-order valence-corrected chi connectivity index (χ1v) is 5.74. The Bertz CT molecular complexity index is 229. The van der Waals surface area contributed by atoms with Gasteiger partial charge in [0.2, 0.25) is 11.8 Å². The topological polar surface area (TPSA) is 84.2 Å². The fourth-order valence-electron chi connectivity index (χ4n) is 1.01. The lowest BCUT2D eigenvalue weighted by Gasteiger charge is -2.10. The Morgan fingerprint density at radius 2 is 1.81 bits per heavy atom. The van der Waals surface area contributed by atoms with E-state index >= 15 is 0 Å². The summed E-state index contributed by atoms with van der Waals surface area (Å²) in [6.45, 7) is 6.61. The van der Waals surface area contributed by atoms with E-state index in [1.807, 2.05) is 20.8 Å². The van der Waals surface area contributed by atoms with Gasteiger partial charge in [-0.15, -0.1) is 0 Å². The van der Waals surface area contributed by atoms with Crippen LogP contribution in [0.1, 0.15) is 33.6 Å². The molecule has 0 aliphatic rings. The number of nitrogens with two attached hydrogens (primary N) is 1. The van der Waals surface area contributed by atoms with Crippen LogP contribution in [0.15, 0.2) is 0 Å². The monoisotopic (exact) mass is 229 g/mol. The van der Waals surface area contributed by atoms with Crippen LogP contribution in [-0.2, 0) is 9.59 Å². The molecule has 0 spiro atoms. The van der Waals surface area contributed by atoms with Crippen LogP contribution in [0.3, 0.4) is 0 Å². The number of rotatable bonds is 7. The average molecular weight is 229 g/mol. The van der Waals surface area contributed by atoms with Crippen molar-refractivity contribution in [3.63, 3.8) is 0 Å². The van der Waals surface area contributed by atoms with Gasteiger partial charge in [-0.05, 0) is 12.3 Å². The van der Waals surface area contributed by atoms with Gasteiger partial charge in [0.15, 0.2) is 0 Å². The van der Waals surface area contributed by atoms with E-state index in [-0.39, 0.29) is 30.8 Å². The van der Waals surface area contributed by atoms with Crippen molar-refractivity contribution in [1.82, 2.24) is 10.6 Å². The number of carbonyl (C=O) groups excluding carboxylic acids is 2. The van der Waals surface area contributed by atoms with E-state index in [0.717, 1.165) is 6.42 Å². The molecule has 0 rings (SSSR count). The normalized spacial score (nSPS) is 12.3. The average Bonchev–Trinajstić information content (AvgIpc) is 2.23. The van der Waals surface area contributed by atoms with Gasteiger partial charge in [0.1, 0.15) is 0 Å². The molecule has 0 aliphatic carbocycles. The summed E-state index contributed by atoms with van der Waals surface area (Å²) in [5, 5.41) is 5.26. The van der Waals surface area contributed by atoms with Crippen LogP contribution in [0.25, 0.3) is 0 Å². The molecule has 0 radical (unpaired) electrons. The van der Waals surface area contributed by atoms with Gasteiger partial charge in [-0.1, -0.05) is 20.8 Å². The molecule has 0 saturated heterocycles. The van der Waals surface area contributed by atoms with Crippen molar-refractivity contribution in [2.75, 3.05) is 13.1 Å². The van der Waals surface area contributed by atoms with Crippen molar-refractivity contribution >= 4 is 11.8 Å². The zero-order valence-corrected chi connectivity index (χ0v) is 10.4. The second-order valence-electron chi connectivity index (χ2n) is 4.35. The Kier molecular flexibility index (Phi) is 7.54. The number of amides is 2. The molecule has 0 aromatic rings. The van der Waals surface area contributed by atoms with Crippen molar-refractivity contribution in [3.05, 3.63) is 0 Å². The number of hydrogen-bond donors (Lipinski definition) is 3. The third-order valence-corrected chi connectivity index (χ3v) is 2.13. The molecular weight excluding hydrogens is 206 g/mol. The molecular formula is C11H23N3O2. The Labute approximate surface area is 97.2 Å². The van der Waals surface area contributed by atoms with Crippen LogP contribution >= 0.6 is 0 Å². The lowest BCUT2D eigenvalue weighted by Crippen LogP contribution is -2.40. The summed E-state index contributed by atoms with van der Waals surface area (Å²) < 4.78 is 0. The molecule has 5 heteroatoms. The zero-order valence-electron chi connectivity index (χ0n) is 10.4. The molecule has 0 aliphatic heterocycles. The van der Waals surface area contributed by atoms with Crippen LogP contribution in [0.4, 0.5) is 0 Å². The van der Waals surface area contributed by atoms with E-state index in [1.54, 1.807) is 0 Å². The molecule has 1 unspecified atom stereocenters. The first kappa shape index (κ1) is 14.9. The van der Waals surface area contributed by atoms with E-state index in [2.05, 4.69) is 10.6 Å². The van der Waals surface area contributed by atoms with Gasteiger partial charge >= 0.3 is 0 Å². The minimum absolute atomic E-state index is 0.0297.